The second-order valence-corrected chi connectivity index (χ2v) is 5.67. The number of rotatable bonds is 7. The lowest BCUT2D eigenvalue weighted by Crippen LogP contribution is -2.32. The second kappa shape index (κ2) is 6.91. The van der Waals surface area contributed by atoms with Crippen LogP contribution >= 0.6 is 15.9 Å². The van der Waals surface area contributed by atoms with Gasteiger partial charge < -0.3 is 15.5 Å². The number of carbonyl (C=O) groups is 1. The van der Waals surface area contributed by atoms with Gasteiger partial charge >= 0.3 is 5.97 Å². The van der Waals surface area contributed by atoms with Gasteiger partial charge in [-0.1, -0.05) is 29.8 Å². The minimum Gasteiger partial charge on any atom is -0.478 e. The summed E-state index contributed by atoms with van der Waals surface area (Å²) < 4.78 is 0.720. The third kappa shape index (κ3) is 4.21. The van der Waals surface area contributed by atoms with Gasteiger partial charge in [0.1, 0.15) is 0 Å². The molecule has 0 spiro atoms. The lowest BCUT2D eigenvalue weighted by Gasteiger charge is -2.30. The van der Waals surface area contributed by atoms with Gasteiger partial charge in [0.2, 0.25) is 0 Å². The smallest absolute Gasteiger partial charge is 0.335 e. The third-order valence-corrected chi connectivity index (χ3v) is 4.11. The molecule has 0 aliphatic rings. The molecule has 0 aliphatic carbocycles. The van der Waals surface area contributed by atoms with Crippen LogP contribution in [0.4, 0.5) is 5.69 Å². The van der Waals surface area contributed by atoms with Crippen molar-refractivity contribution in [3.63, 3.8) is 0 Å². The molecular weight excluding hydrogens is 310 g/mol. The first-order valence-electron chi connectivity index (χ1n) is 6.35. The molecular formula is C14H20BrNO3. The molecule has 0 aromatic heterocycles. The zero-order valence-corrected chi connectivity index (χ0v) is 12.8. The van der Waals surface area contributed by atoms with E-state index in [1.165, 1.54) is 0 Å². The summed E-state index contributed by atoms with van der Waals surface area (Å²) in [7, 11) is 0. The minimum absolute atomic E-state index is 0.118. The van der Waals surface area contributed by atoms with Crippen LogP contribution in [-0.2, 0) is 0 Å². The highest BCUT2D eigenvalue weighted by Crippen LogP contribution is 2.27. The van der Waals surface area contributed by atoms with E-state index < -0.39 is 5.97 Å². The number of aliphatic hydroxyl groups is 1. The lowest BCUT2D eigenvalue weighted by atomic mass is 9.83. The van der Waals surface area contributed by atoms with E-state index in [0.29, 0.717) is 6.54 Å². The quantitative estimate of drug-likeness (QED) is 0.717. The largest absolute Gasteiger partial charge is 0.478 e. The van der Waals surface area contributed by atoms with Crippen molar-refractivity contribution in [1.29, 1.82) is 0 Å². The molecule has 0 heterocycles. The zero-order valence-electron chi connectivity index (χ0n) is 11.2. The van der Waals surface area contributed by atoms with Crippen LogP contribution in [0.15, 0.2) is 22.7 Å². The second-order valence-electron chi connectivity index (χ2n) is 4.75. The van der Waals surface area contributed by atoms with Gasteiger partial charge in [-0.15, -0.1) is 0 Å². The Labute approximate surface area is 122 Å². The molecule has 0 fully saturated rings. The van der Waals surface area contributed by atoms with Gasteiger partial charge in [0, 0.05) is 22.1 Å². The molecule has 0 saturated heterocycles. The highest BCUT2D eigenvalue weighted by atomic mass is 79.9. The number of carboxylic acids is 1. The van der Waals surface area contributed by atoms with Crippen molar-refractivity contribution >= 4 is 27.6 Å². The summed E-state index contributed by atoms with van der Waals surface area (Å²) in [6.45, 7) is 4.83. The molecule has 4 nitrogen and oxygen atoms in total. The van der Waals surface area contributed by atoms with Gasteiger partial charge in [-0.05, 0) is 31.0 Å². The lowest BCUT2D eigenvalue weighted by molar-refractivity contribution is 0.0697. The van der Waals surface area contributed by atoms with Gasteiger partial charge in [0.25, 0.3) is 0 Å². The predicted molar refractivity (Wildman–Crippen MR) is 79.7 cm³/mol. The summed E-state index contributed by atoms with van der Waals surface area (Å²) >= 11 is 3.30. The molecule has 1 aromatic carbocycles. The van der Waals surface area contributed by atoms with E-state index in [2.05, 4.69) is 21.2 Å². The Morgan fingerprint density at radius 3 is 2.42 bits per heavy atom. The average molecular weight is 330 g/mol. The number of benzene rings is 1. The standard InChI is InChI=1S/C14H20BrNO3/c1-3-14(4-2,9-17)8-16-12-6-10(13(18)19)5-11(15)7-12/h5-7,16-17H,3-4,8-9H2,1-2H3,(H,18,19). The van der Waals surface area contributed by atoms with Gasteiger partial charge in [-0.3, -0.25) is 0 Å². The molecule has 0 amide bonds. The van der Waals surface area contributed by atoms with Crippen LogP contribution in [0.2, 0.25) is 0 Å². The van der Waals surface area contributed by atoms with Crippen LogP contribution < -0.4 is 5.32 Å². The predicted octanol–water partition coefficient (Wildman–Crippen LogP) is 3.36. The third-order valence-electron chi connectivity index (χ3n) is 3.65. The number of aliphatic hydroxyl groups excluding tert-OH is 1. The zero-order chi connectivity index (χ0) is 14.5. The van der Waals surface area contributed by atoms with E-state index in [-0.39, 0.29) is 17.6 Å². The molecule has 5 heteroatoms. The molecule has 0 bridgehead atoms. The molecule has 1 aromatic rings. The Kier molecular flexibility index (Phi) is 5.82. The van der Waals surface area contributed by atoms with Crippen LogP contribution in [0.5, 0.6) is 0 Å². The Hall–Kier alpha value is -1.07. The molecule has 19 heavy (non-hydrogen) atoms. The monoisotopic (exact) mass is 329 g/mol. The topological polar surface area (TPSA) is 69.6 Å². The average Bonchev–Trinajstić information content (AvgIpc) is 2.40. The van der Waals surface area contributed by atoms with Crippen molar-refractivity contribution in [2.24, 2.45) is 5.41 Å². The van der Waals surface area contributed by atoms with Crippen molar-refractivity contribution in [2.75, 3.05) is 18.5 Å². The molecule has 0 unspecified atom stereocenters. The highest BCUT2D eigenvalue weighted by Gasteiger charge is 2.24. The fraction of sp³-hybridized carbons (Fsp3) is 0.500. The summed E-state index contributed by atoms with van der Waals surface area (Å²) in [6.07, 6.45) is 1.74. The summed E-state index contributed by atoms with van der Waals surface area (Å²) in [5, 5.41) is 21.7. The first-order chi connectivity index (χ1) is 8.96. The van der Waals surface area contributed by atoms with Crippen LogP contribution in [0, 0.1) is 5.41 Å². The Morgan fingerprint density at radius 2 is 1.95 bits per heavy atom. The maximum Gasteiger partial charge on any atom is 0.335 e. The van der Waals surface area contributed by atoms with E-state index in [1.54, 1.807) is 12.1 Å². The number of halogens is 1. The molecule has 0 aliphatic heterocycles. The summed E-state index contributed by atoms with van der Waals surface area (Å²) in [5.41, 5.74) is 0.817. The molecule has 106 valence electrons. The Bertz CT molecular complexity index is 436. The molecule has 1 rings (SSSR count). The van der Waals surface area contributed by atoms with E-state index in [4.69, 9.17) is 5.11 Å². The van der Waals surface area contributed by atoms with Gasteiger partial charge in [0.05, 0.1) is 12.2 Å². The van der Waals surface area contributed by atoms with Crippen LogP contribution in [0.25, 0.3) is 0 Å². The maximum atomic E-state index is 11.0. The van der Waals surface area contributed by atoms with E-state index >= 15 is 0 Å². The van der Waals surface area contributed by atoms with Crippen LogP contribution in [0.1, 0.15) is 37.0 Å². The number of nitrogens with one attached hydrogen (secondary N) is 1. The number of carboxylic acid groups (broad SMARTS) is 1. The molecule has 0 saturated carbocycles. The fourth-order valence-corrected chi connectivity index (χ4v) is 2.38. The first-order valence-corrected chi connectivity index (χ1v) is 7.14. The summed E-state index contributed by atoms with van der Waals surface area (Å²) in [5.74, 6) is -0.955. The minimum atomic E-state index is -0.955. The van der Waals surface area contributed by atoms with Crippen molar-refractivity contribution in [3.8, 4) is 0 Å². The van der Waals surface area contributed by atoms with Gasteiger partial charge in [0.15, 0.2) is 0 Å². The van der Waals surface area contributed by atoms with Crippen molar-refractivity contribution in [1.82, 2.24) is 0 Å². The Balaban J connectivity index is 2.85. The van der Waals surface area contributed by atoms with Crippen molar-refractivity contribution < 1.29 is 15.0 Å². The molecule has 0 atom stereocenters. The van der Waals surface area contributed by atoms with Crippen molar-refractivity contribution in [3.05, 3.63) is 28.2 Å². The summed E-state index contributed by atoms with van der Waals surface area (Å²) in [4.78, 5) is 11.0. The van der Waals surface area contributed by atoms with E-state index in [0.717, 1.165) is 23.0 Å². The maximum absolute atomic E-state index is 11.0. The van der Waals surface area contributed by atoms with E-state index in [9.17, 15) is 9.90 Å². The highest BCUT2D eigenvalue weighted by molar-refractivity contribution is 9.10. The van der Waals surface area contributed by atoms with E-state index in [1.807, 2.05) is 19.9 Å². The summed E-state index contributed by atoms with van der Waals surface area (Å²) in [6, 6.07) is 4.99. The van der Waals surface area contributed by atoms with Crippen LogP contribution in [-0.4, -0.2) is 29.3 Å². The van der Waals surface area contributed by atoms with Gasteiger partial charge in [-0.2, -0.15) is 0 Å². The SMILES string of the molecule is CCC(CC)(CO)CNc1cc(Br)cc(C(=O)O)c1. The number of anilines is 1. The van der Waals surface area contributed by atoms with Gasteiger partial charge in [-0.25, -0.2) is 4.79 Å². The normalized spacial score (nSPS) is 11.4. The first kappa shape index (κ1) is 16.0. The fourth-order valence-electron chi connectivity index (χ4n) is 1.88. The molecule has 3 N–H and O–H groups in total. The number of hydrogen-bond acceptors (Lipinski definition) is 3. The number of aromatic carboxylic acids is 1. The number of hydrogen-bond donors (Lipinski definition) is 3. The Morgan fingerprint density at radius 1 is 1.32 bits per heavy atom. The van der Waals surface area contributed by atoms with Crippen LogP contribution in [0.3, 0.4) is 0 Å². The molecule has 0 radical (unpaired) electrons. The van der Waals surface area contributed by atoms with Crippen molar-refractivity contribution in [2.45, 2.75) is 26.7 Å².